The van der Waals surface area contributed by atoms with E-state index in [1.165, 1.54) is 0 Å². The molecule has 4 nitrogen and oxygen atoms in total. The molecule has 0 radical (unpaired) electrons. The van der Waals surface area contributed by atoms with Gasteiger partial charge >= 0.3 is 0 Å². The van der Waals surface area contributed by atoms with Crippen molar-refractivity contribution in [1.29, 1.82) is 0 Å². The first-order chi connectivity index (χ1) is 21.7. The fraction of sp³-hybridized carbons (Fsp3) is 0. The summed E-state index contributed by atoms with van der Waals surface area (Å²) in [5, 5.41) is 2.16. The lowest BCUT2D eigenvalue weighted by Gasteiger charge is -2.12. The summed E-state index contributed by atoms with van der Waals surface area (Å²) < 4.78 is 7.07. The Morgan fingerprint density at radius 3 is 1.84 bits per heavy atom. The Kier molecular flexibility index (Phi) is 6.58. The molecule has 5 aromatic carbocycles. The highest BCUT2D eigenvalue weighted by atomic mass is 79.9. The van der Waals surface area contributed by atoms with Crippen molar-refractivity contribution >= 4 is 37.9 Å². The molecule has 0 amide bonds. The van der Waals surface area contributed by atoms with Gasteiger partial charge in [0, 0.05) is 44.3 Å². The number of para-hydroxylation sites is 1. The minimum absolute atomic E-state index is 0.679. The molecule has 0 bridgehead atoms. The summed E-state index contributed by atoms with van der Waals surface area (Å²) in [5.74, 6) is 0.679. The molecule has 0 unspecified atom stereocenters. The Morgan fingerprint density at radius 2 is 1.05 bits per heavy atom. The SMILES string of the molecule is Brc1cc(-c2ccc(-c3ccncc3)cc2)cc(-c2cc(-c3ccc4oc5ccccc5c4c3)nc(-c3ccccc3)n2)c1. The minimum atomic E-state index is 0.679. The smallest absolute Gasteiger partial charge is 0.160 e. The molecule has 0 fully saturated rings. The molecular weight excluding hydrogens is 606 g/mol. The molecule has 0 N–H and O–H groups in total. The number of hydrogen-bond donors (Lipinski definition) is 0. The Hall–Kier alpha value is -5.39. The summed E-state index contributed by atoms with van der Waals surface area (Å²) in [4.78, 5) is 14.3. The average Bonchev–Trinajstić information content (AvgIpc) is 3.47. The second-order valence-electron chi connectivity index (χ2n) is 10.7. The van der Waals surface area contributed by atoms with Crippen molar-refractivity contribution in [3.8, 4) is 56.2 Å². The number of hydrogen-bond acceptors (Lipinski definition) is 4. The number of nitrogens with zero attached hydrogens (tertiary/aromatic N) is 3. The monoisotopic (exact) mass is 629 g/mol. The van der Waals surface area contributed by atoms with Crippen LogP contribution >= 0.6 is 15.9 Å². The molecule has 0 saturated heterocycles. The molecule has 208 valence electrons. The molecule has 3 heterocycles. The quantitative estimate of drug-likeness (QED) is 0.190. The van der Waals surface area contributed by atoms with Crippen molar-refractivity contribution in [2.24, 2.45) is 0 Å². The van der Waals surface area contributed by atoms with Gasteiger partial charge in [-0.1, -0.05) is 88.7 Å². The first-order valence-corrected chi connectivity index (χ1v) is 15.2. The van der Waals surface area contributed by atoms with E-state index in [1.54, 1.807) is 0 Å². The maximum Gasteiger partial charge on any atom is 0.160 e. The van der Waals surface area contributed by atoms with E-state index in [1.807, 2.05) is 79.1 Å². The molecule has 5 heteroatoms. The molecular formula is C39H24BrN3O. The van der Waals surface area contributed by atoms with Gasteiger partial charge < -0.3 is 4.42 Å². The van der Waals surface area contributed by atoms with Crippen molar-refractivity contribution < 1.29 is 4.42 Å². The zero-order chi connectivity index (χ0) is 29.5. The van der Waals surface area contributed by atoms with E-state index < -0.39 is 0 Å². The Bertz CT molecular complexity index is 2280. The predicted octanol–water partition coefficient (Wildman–Crippen LogP) is 10.9. The van der Waals surface area contributed by atoms with Gasteiger partial charge in [-0.2, -0.15) is 0 Å². The maximum atomic E-state index is 6.09. The molecule has 0 atom stereocenters. The number of halogens is 1. The number of fused-ring (bicyclic) bond motifs is 3. The molecule has 0 spiro atoms. The standard InChI is InChI=1S/C39H24BrN3O/c40-32-21-30(26-12-10-25(11-13-26)27-16-18-41-19-17-27)20-31(22-32)36-24-35(42-39(43-36)28-6-2-1-3-7-28)29-14-15-38-34(23-29)33-8-4-5-9-37(33)44-38/h1-24H. The Balaban J connectivity index is 1.25. The lowest BCUT2D eigenvalue weighted by Crippen LogP contribution is -1.96. The zero-order valence-electron chi connectivity index (χ0n) is 23.5. The molecule has 0 aliphatic rings. The molecule has 44 heavy (non-hydrogen) atoms. The summed E-state index contributed by atoms with van der Waals surface area (Å²) in [6.45, 7) is 0. The van der Waals surface area contributed by atoms with Gasteiger partial charge in [0.05, 0.1) is 11.4 Å². The van der Waals surface area contributed by atoms with Crippen LogP contribution in [0.5, 0.6) is 0 Å². The number of furan rings is 1. The average molecular weight is 631 g/mol. The third-order valence-electron chi connectivity index (χ3n) is 7.86. The van der Waals surface area contributed by atoms with Crippen LogP contribution in [0.4, 0.5) is 0 Å². The number of pyridine rings is 1. The van der Waals surface area contributed by atoms with Gasteiger partial charge in [-0.05, 0) is 82.9 Å². The second kappa shape index (κ2) is 11.0. The van der Waals surface area contributed by atoms with Crippen LogP contribution in [0, 0.1) is 0 Å². The number of aromatic nitrogens is 3. The summed E-state index contributed by atoms with van der Waals surface area (Å²) in [5.41, 5.74) is 10.9. The van der Waals surface area contributed by atoms with Gasteiger partial charge in [0.25, 0.3) is 0 Å². The lowest BCUT2D eigenvalue weighted by molar-refractivity contribution is 0.669. The topological polar surface area (TPSA) is 51.8 Å². The molecule has 0 aliphatic carbocycles. The fourth-order valence-corrected chi connectivity index (χ4v) is 6.14. The van der Waals surface area contributed by atoms with E-state index in [2.05, 4.69) is 87.6 Å². The van der Waals surface area contributed by atoms with Crippen molar-refractivity contribution in [3.05, 3.63) is 150 Å². The van der Waals surface area contributed by atoms with Gasteiger partial charge in [-0.15, -0.1) is 0 Å². The number of benzene rings is 5. The first-order valence-electron chi connectivity index (χ1n) is 14.4. The van der Waals surface area contributed by atoms with Crippen LogP contribution < -0.4 is 0 Å². The van der Waals surface area contributed by atoms with Crippen molar-refractivity contribution in [3.63, 3.8) is 0 Å². The van der Waals surface area contributed by atoms with Crippen LogP contribution in [0.25, 0.3) is 78.1 Å². The van der Waals surface area contributed by atoms with E-state index >= 15 is 0 Å². The minimum Gasteiger partial charge on any atom is -0.456 e. The fourth-order valence-electron chi connectivity index (χ4n) is 5.65. The van der Waals surface area contributed by atoms with E-state index in [-0.39, 0.29) is 0 Å². The highest BCUT2D eigenvalue weighted by Crippen LogP contribution is 2.36. The highest BCUT2D eigenvalue weighted by molar-refractivity contribution is 9.10. The highest BCUT2D eigenvalue weighted by Gasteiger charge is 2.14. The van der Waals surface area contributed by atoms with Gasteiger partial charge in [0.1, 0.15) is 11.2 Å². The summed E-state index contributed by atoms with van der Waals surface area (Å²) in [6, 6.07) is 45.7. The molecule has 8 aromatic rings. The normalized spacial score (nSPS) is 11.3. The largest absolute Gasteiger partial charge is 0.456 e. The molecule has 3 aromatic heterocycles. The maximum absolute atomic E-state index is 6.09. The third-order valence-corrected chi connectivity index (χ3v) is 8.31. The Labute approximate surface area is 262 Å². The van der Waals surface area contributed by atoms with Crippen LogP contribution in [0.3, 0.4) is 0 Å². The number of rotatable bonds is 5. The van der Waals surface area contributed by atoms with Crippen molar-refractivity contribution in [2.75, 3.05) is 0 Å². The van der Waals surface area contributed by atoms with E-state index in [9.17, 15) is 0 Å². The van der Waals surface area contributed by atoms with Crippen molar-refractivity contribution in [1.82, 2.24) is 15.0 Å². The van der Waals surface area contributed by atoms with Crippen molar-refractivity contribution in [2.45, 2.75) is 0 Å². The summed E-state index contributed by atoms with van der Waals surface area (Å²) in [6.07, 6.45) is 3.64. The lowest BCUT2D eigenvalue weighted by atomic mass is 9.98. The van der Waals surface area contributed by atoms with E-state index in [0.29, 0.717) is 5.82 Å². The summed E-state index contributed by atoms with van der Waals surface area (Å²) >= 11 is 3.77. The van der Waals surface area contributed by atoms with Gasteiger partial charge in [-0.3, -0.25) is 4.98 Å². The first kappa shape index (κ1) is 26.3. The molecule has 0 aliphatic heterocycles. The third kappa shape index (κ3) is 4.97. The van der Waals surface area contributed by atoms with E-state index in [0.717, 1.165) is 76.7 Å². The Morgan fingerprint density at radius 1 is 0.432 bits per heavy atom. The van der Waals surface area contributed by atoms with Gasteiger partial charge in [0.2, 0.25) is 0 Å². The van der Waals surface area contributed by atoms with Gasteiger partial charge in [-0.25, -0.2) is 9.97 Å². The predicted molar refractivity (Wildman–Crippen MR) is 182 cm³/mol. The summed E-state index contributed by atoms with van der Waals surface area (Å²) in [7, 11) is 0. The second-order valence-corrected chi connectivity index (χ2v) is 11.6. The van der Waals surface area contributed by atoms with Crippen LogP contribution in [0.1, 0.15) is 0 Å². The van der Waals surface area contributed by atoms with Crippen LogP contribution in [0.15, 0.2) is 155 Å². The van der Waals surface area contributed by atoms with Crippen LogP contribution in [-0.2, 0) is 0 Å². The molecule has 0 saturated carbocycles. The molecule has 8 rings (SSSR count). The van der Waals surface area contributed by atoms with Crippen LogP contribution in [-0.4, -0.2) is 15.0 Å². The van der Waals surface area contributed by atoms with Gasteiger partial charge in [0.15, 0.2) is 5.82 Å². The zero-order valence-corrected chi connectivity index (χ0v) is 25.1. The van der Waals surface area contributed by atoms with E-state index in [4.69, 9.17) is 14.4 Å². The van der Waals surface area contributed by atoms with Crippen LogP contribution in [0.2, 0.25) is 0 Å².